The molecule has 2 fully saturated rings. The fourth-order valence-corrected chi connectivity index (χ4v) is 3.84. The van der Waals surface area contributed by atoms with Crippen molar-refractivity contribution in [2.75, 3.05) is 40.9 Å². The molecule has 2 aliphatic heterocycles. The normalized spacial score (nSPS) is 22.0. The van der Waals surface area contributed by atoms with Gasteiger partial charge in [0.1, 0.15) is 11.5 Å². The fraction of sp³-hybridized carbons (Fsp3) is 0.632. The molecule has 2 saturated heterocycles. The van der Waals surface area contributed by atoms with Crippen LogP contribution in [0.1, 0.15) is 37.3 Å². The van der Waals surface area contributed by atoms with Crippen LogP contribution in [0.15, 0.2) is 18.2 Å². The molecule has 2 heterocycles. The summed E-state index contributed by atoms with van der Waals surface area (Å²) in [7, 11) is 5.46. The number of methoxy groups -OCH3 is 2. The number of piperidine rings is 1. The molecule has 0 spiro atoms. The molecule has 0 saturated carbocycles. The molecule has 1 aromatic carbocycles. The van der Waals surface area contributed by atoms with Crippen molar-refractivity contribution in [2.45, 2.75) is 37.8 Å². The minimum Gasteiger partial charge on any atom is -0.497 e. The minimum absolute atomic E-state index is 0.0383. The van der Waals surface area contributed by atoms with Gasteiger partial charge in [0.05, 0.1) is 20.3 Å². The van der Waals surface area contributed by atoms with Gasteiger partial charge in [0.15, 0.2) is 0 Å². The summed E-state index contributed by atoms with van der Waals surface area (Å²) in [5.74, 6) is 1.60. The third-order valence-corrected chi connectivity index (χ3v) is 5.36. The van der Waals surface area contributed by atoms with E-state index in [-0.39, 0.29) is 18.1 Å². The Morgan fingerprint density at radius 2 is 1.88 bits per heavy atom. The number of hydrogen-bond acceptors (Lipinski definition) is 4. The quantitative estimate of drug-likeness (QED) is 0.910. The van der Waals surface area contributed by atoms with Crippen LogP contribution >= 0.6 is 0 Å². The van der Waals surface area contributed by atoms with Gasteiger partial charge in [-0.2, -0.15) is 0 Å². The van der Waals surface area contributed by atoms with Gasteiger partial charge < -0.3 is 24.6 Å². The number of nitrogens with zero attached hydrogens (tertiary/aromatic N) is 2. The molecule has 0 aromatic heterocycles. The Morgan fingerprint density at radius 1 is 1.12 bits per heavy atom. The van der Waals surface area contributed by atoms with E-state index in [0.717, 1.165) is 62.4 Å². The first-order chi connectivity index (χ1) is 12.1. The van der Waals surface area contributed by atoms with E-state index >= 15 is 0 Å². The maximum atomic E-state index is 12.9. The van der Waals surface area contributed by atoms with Crippen LogP contribution in [0.3, 0.4) is 0 Å². The van der Waals surface area contributed by atoms with E-state index in [4.69, 9.17) is 9.47 Å². The highest BCUT2D eigenvalue weighted by molar-refractivity contribution is 5.75. The molecule has 25 heavy (non-hydrogen) atoms. The first kappa shape index (κ1) is 17.9. The van der Waals surface area contributed by atoms with Gasteiger partial charge in [0, 0.05) is 18.2 Å². The maximum Gasteiger partial charge on any atom is 0.318 e. The second kappa shape index (κ2) is 7.95. The lowest BCUT2D eigenvalue weighted by molar-refractivity contribution is 0.176. The van der Waals surface area contributed by atoms with Gasteiger partial charge in [-0.05, 0) is 64.0 Å². The number of rotatable bonds is 4. The van der Waals surface area contributed by atoms with Crippen LogP contribution in [0.4, 0.5) is 4.79 Å². The van der Waals surface area contributed by atoms with Crippen molar-refractivity contribution in [3.63, 3.8) is 0 Å². The van der Waals surface area contributed by atoms with Crippen LogP contribution in [0, 0.1) is 0 Å². The van der Waals surface area contributed by atoms with Gasteiger partial charge in [0.2, 0.25) is 0 Å². The van der Waals surface area contributed by atoms with E-state index in [1.165, 1.54) is 0 Å². The summed E-state index contributed by atoms with van der Waals surface area (Å²) in [5.41, 5.74) is 1.03. The van der Waals surface area contributed by atoms with E-state index in [1.807, 2.05) is 23.1 Å². The fourth-order valence-electron chi connectivity index (χ4n) is 3.84. The van der Waals surface area contributed by atoms with Gasteiger partial charge in [-0.1, -0.05) is 0 Å². The Bertz CT molecular complexity index is 600. The molecule has 0 radical (unpaired) electrons. The molecule has 2 amide bonds. The number of likely N-dealkylation sites (tertiary alicyclic amines) is 2. The smallest absolute Gasteiger partial charge is 0.318 e. The lowest BCUT2D eigenvalue weighted by Gasteiger charge is -2.32. The van der Waals surface area contributed by atoms with Crippen molar-refractivity contribution in [2.24, 2.45) is 0 Å². The predicted octanol–water partition coefficient (Wildman–Crippen LogP) is 2.64. The number of ether oxygens (including phenoxy) is 2. The van der Waals surface area contributed by atoms with Crippen molar-refractivity contribution >= 4 is 6.03 Å². The van der Waals surface area contributed by atoms with Gasteiger partial charge >= 0.3 is 6.03 Å². The molecule has 1 atom stereocenters. The topological polar surface area (TPSA) is 54.0 Å². The summed E-state index contributed by atoms with van der Waals surface area (Å²) in [6.45, 7) is 2.86. The molecule has 1 N–H and O–H groups in total. The lowest BCUT2D eigenvalue weighted by atomic mass is 10.0. The zero-order valence-electron chi connectivity index (χ0n) is 15.5. The van der Waals surface area contributed by atoms with Crippen LogP contribution in [0.2, 0.25) is 0 Å². The van der Waals surface area contributed by atoms with E-state index in [9.17, 15) is 4.79 Å². The summed E-state index contributed by atoms with van der Waals surface area (Å²) < 4.78 is 10.9. The average molecular weight is 347 g/mol. The molecule has 1 unspecified atom stereocenters. The zero-order valence-corrected chi connectivity index (χ0v) is 15.5. The van der Waals surface area contributed by atoms with E-state index in [2.05, 4.69) is 17.3 Å². The molecule has 6 nitrogen and oxygen atoms in total. The van der Waals surface area contributed by atoms with E-state index in [0.29, 0.717) is 0 Å². The van der Waals surface area contributed by atoms with Crippen molar-refractivity contribution < 1.29 is 14.3 Å². The molecule has 0 aliphatic carbocycles. The Labute approximate surface area is 150 Å². The van der Waals surface area contributed by atoms with Gasteiger partial charge in [-0.3, -0.25) is 0 Å². The van der Waals surface area contributed by atoms with Gasteiger partial charge in [-0.15, -0.1) is 0 Å². The summed E-state index contributed by atoms with van der Waals surface area (Å²) in [5, 5.41) is 3.24. The van der Waals surface area contributed by atoms with Crippen LogP contribution in [0.5, 0.6) is 11.5 Å². The Balaban J connectivity index is 1.73. The highest BCUT2D eigenvalue weighted by Gasteiger charge is 2.33. The SMILES string of the molecule is COc1ccc(OC)c(C2CCCN2C(=O)NC2CCN(C)CC2)c1. The lowest BCUT2D eigenvalue weighted by Crippen LogP contribution is -2.48. The summed E-state index contributed by atoms with van der Waals surface area (Å²) >= 11 is 0. The van der Waals surface area contributed by atoms with Crippen LogP contribution in [-0.2, 0) is 0 Å². The monoisotopic (exact) mass is 347 g/mol. The predicted molar refractivity (Wildman–Crippen MR) is 97.3 cm³/mol. The second-order valence-corrected chi connectivity index (χ2v) is 6.99. The van der Waals surface area contributed by atoms with Crippen molar-refractivity contribution in [1.29, 1.82) is 0 Å². The molecule has 3 rings (SSSR count). The summed E-state index contributed by atoms with van der Waals surface area (Å²) in [6, 6.07) is 6.15. The highest BCUT2D eigenvalue weighted by Crippen LogP contribution is 2.38. The standard InChI is InChI=1S/C19H29N3O3/c1-21-11-8-14(9-12-21)20-19(23)22-10-4-5-17(22)16-13-15(24-2)6-7-18(16)25-3/h6-7,13-14,17H,4-5,8-12H2,1-3H3,(H,20,23). The molecule has 6 heteroatoms. The van der Waals surface area contributed by atoms with Crippen molar-refractivity contribution in [1.82, 2.24) is 15.1 Å². The van der Waals surface area contributed by atoms with E-state index < -0.39 is 0 Å². The number of urea groups is 1. The highest BCUT2D eigenvalue weighted by atomic mass is 16.5. The number of benzene rings is 1. The first-order valence-electron chi connectivity index (χ1n) is 9.10. The molecule has 0 bridgehead atoms. The Morgan fingerprint density at radius 3 is 2.56 bits per heavy atom. The first-order valence-corrected chi connectivity index (χ1v) is 9.10. The Hall–Kier alpha value is -1.95. The molecule has 138 valence electrons. The maximum absolute atomic E-state index is 12.9. The van der Waals surface area contributed by atoms with Crippen LogP contribution < -0.4 is 14.8 Å². The third-order valence-electron chi connectivity index (χ3n) is 5.36. The third kappa shape index (κ3) is 4.00. The van der Waals surface area contributed by atoms with E-state index in [1.54, 1.807) is 14.2 Å². The number of carbonyl (C=O) groups excluding carboxylic acids is 1. The number of hydrogen-bond donors (Lipinski definition) is 1. The number of amides is 2. The Kier molecular flexibility index (Phi) is 5.68. The second-order valence-electron chi connectivity index (χ2n) is 6.99. The largest absolute Gasteiger partial charge is 0.497 e. The van der Waals surface area contributed by atoms with Crippen molar-refractivity contribution in [3.05, 3.63) is 23.8 Å². The van der Waals surface area contributed by atoms with Crippen LogP contribution in [0.25, 0.3) is 0 Å². The molecule has 1 aromatic rings. The summed E-state index contributed by atoms with van der Waals surface area (Å²) in [6.07, 6.45) is 3.99. The minimum atomic E-state index is 0.0383. The molecular formula is C19H29N3O3. The molecule has 2 aliphatic rings. The molecular weight excluding hydrogens is 318 g/mol. The number of carbonyl (C=O) groups is 1. The average Bonchev–Trinajstić information content (AvgIpc) is 3.12. The number of nitrogens with one attached hydrogen (secondary N) is 1. The summed E-state index contributed by atoms with van der Waals surface area (Å²) in [4.78, 5) is 17.1. The zero-order chi connectivity index (χ0) is 17.8. The van der Waals surface area contributed by atoms with Crippen molar-refractivity contribution in [3.8, 4) is 11.5 Å². The van der Waals surface area contributed by atoms with Gasteiger partial charge in [-0.25, -0.2) is 4.79 Å². The van der Waals surface area contributed by atoms with Crippen LogP contribution in [-0.4, -0.2) is 62.8 Å². The van der Waals surface area contributed by atoms with Gasteiger partial charge in [0.25, 0.3) is 0 Å².